The first-order valence-electron chi connectivity index (χ1n) is 8.98. The number of nitrogens with one attached hydrogen (secondary N) is 1. The van der Waals surface area contributed by atoms with Crippen molar-refractivity contribution < 1.29 is 13.9 Å². The summed E-state index contributed by atoms with van der Waals surface area (Å²) < 4.78 is 21.6. The first-order chi connectivity index (χ1) is 14.5. The maximum absolute atomic E-state index is 13.9. The highest BCUT2D eigenvalue weighted by molar-refractivity contribution is 9.10. The van der Waals surface area contributed by atoms with Gasteiger partial charge in [0.05, 0.1) is 18.5 Å². The van der Waals surface area contributed by atoms with E-state index >= 15 is 0 Å². The smallest absolute Gasteiger partial charge is 0.295 e. The lowest BCUT2D eigenvalue weighted by molar-refractivity contribution is 0.101. The second-order valence-corrected chi connectivity index (χ2v) is 7.23. The molecule has 8 heteroatoms. The maximum Gasteiger partial charge on any atom is 0.295 e. The lowest BCUT2D eigenvalue weighted by Crippen LogP contribution is -2.15. The molecule has 0 saturated carbocycles. The molecular weight excluding hydrogens is 451 g/mol. The normalized spacial score (nSPS) is 10.6. The number of anilines is 1. The number of rotatable bonds is 5. The summed E-state index contributed by atoms with van der Waals surface area (Å²) in [6, 6.07) is 20.6. The highest BCUT2D eigenvalue weighted by Crippen LogP contribution is 2.25. The maximum atomic E-state index is 13.9. The zero-order chi connectivity index (χ0) is 21.1. The molecule has 0 aliphatic heterocycles. The standard InChI is InChI=1S/C22H16BrFN4O2/c1-30-17-12-10-16(11-13-17)28-21(14-6-8-15(23)9-7-14)26-20(27-28)22(29)25-19-5-3-2-4-18(19)24/h2-13H,1H3,(H,25,29). The monoisotopic (exact) mass is 466 g/mol. The van der Waals surface area contributed by atoms with Crippen LogP contribution in [0.1, 0.15) is 10.6 Å². The highest BCUT2D eigenvalue weighted by atomic mass is 79.9. The van der Waals surface area contributed by atoms with Crippen LogP contribution in [0.15, 0.2) is 77.3 Å². The molecule has 4 aromatic rings. The van der Waals surface area contributed by atoms with E-state index in [1.54, 1.807) is 36.1 Å². The molecule has 4 rings (SSSR count). The fraction of sp³-hybridized carbons (Fsp3) is 0.0455. The van der Waals surface area contributed by atoms with Crippen molar-refractivity contribution in [2.45, 2.75) is 0 Å². The number of amides is 1. The minimum atomic E-state index is -0.606. The van der Waals surface area contributed by atoms with Crippen LogP contribution in [0.5, 0.6) is 5.75 Å². The van der Waals surface area contributed by atoms with Crippen molar-refractivity contribution in [3.05, 3.63) is 88.9 Å². The number of benzene rings is 3. The van der Waals surface area contributed by atoms with E-state index in [2.05, 4.69) is 31.3 Å². The first-order valence-corrected chi connectivity index (χ1v) is 9.78. The SMILES string of the molecule is COc1ccc(-n2nc(C(=O)Nc3ccccc3F)nc2-c2ccc(Br)cc2)cc1. The molecule has 1 amide bonds. The topological polar surface area (TPSA) is 69.0 Å². The fourth-order valence-electron chi connectivity index (χ4n) is 2.84. The summed E-state index contributed by atoms with van der Waals surface area (Å²) >= 11 is 3.41. The van der Waals surface area contributed by atoms with Crippen LogP contribution in [-0.2, 0) is 0 Å². The van der Waals surface area contributed by atoms with Gasteiger partial charge in [0, 0.05) is 10.0 Å². The molecule has 0 bridgehead atoms. The Balaban J connectivity index is 1.75. The van der Waals surface area contributed by atoms with Gasteiger partial charge in [-0.1, -0.05) is 40.2 Å². The molecule has 0 unspecified atom stereocenters. The Morgan fingerprint density at radius 3 is 2.40 bits per heavy atom. The predicted octanol–water partition coefficient (Wildman–Crippen LogP) is 5.10. The summed E-state index contributed by atoms with van der Waals surface area (Å²) in [5.74, 6) is -0.0424. The van der Waals surface area contributed by atoms with Gasteiger partial charge in [-0.15, -0.1) is 5.10 Å². The number of hydrogen-bond acceptors (Lipinski definition) is 4. The van der Waals surface area contributed by atoms with Gasteiger partial charge >= 0.3 is 0 Å². The third-order valence-electron chi connectivity index (χ3n) is 4.35. The molecule has 0 fully saturated rings. The van der Waals surface area contributed by atoms with Crippen molar-refractivity contribution in [1.82, 2.24) is 14.8 Å². The van der Waals surface area contributed by atoms with E-state index in [-0.39, 0.29) is 11.5 Å². The minimum absolute atomic E-state index is 0.0634. The van der Waals surface area contributed by atoms with Crippen molar-refractivity contribution in [1.29, 1.82) is 0 Å². The number of nitrogens with zero attached hydrogens (tertiary/aromatic N) is 3. The van der Waals surface area contributed by atoms with Crippen molar-refractivity contribution in [2.75, 3.05) is 12.4 Å². The molecule has 6 nitrogen and oxygen atoms in total. The summed E-state index contributed by atoms with van der Waals surface area (Å²) in [5, 5.41) is 6.90. The number of aromatic nitrogens is 3. The predicted molar refractivity (Wildman–Crippen MR) is 115 cm³/mol. The van der Waals surface area contributed by atoms with Gasteiger partial charge in [0.2, 0.25) is 5.82 Å². The highest BCUT2D eigenvalue weighted by Gasteiger charge is 2.20. The van der Waals surface area contributed by atoms with E-state index in [9.17, 15) is 9.18 Å². The number of carbonyl (C=O) groups excluding carboxylic acids is 1. The molecule has 1 heterocycles. The third kappa shape index (κ3) is 4.08. The van der Waals surface area contributed by atoms with Gasteiger partial charge in [0.1, 0.15) is 11.6 Å². The molecule has 0 saturated heterocycles. The minimum Gasteiger partial charge on any atom is -0.497 e. The van der Waals surface area contributed by atoms with E-state index in [4.69, 9.17) is 4.74 Å². The zero-order valence-electron chi connectivity index (χ0n) is 15.8. The molecule has 30 heavy (non-hydrogen) atoms. The Morgan fingerprint density at radius 2 is 1.73 bits per heavy atom. The Hall–Kier alpha value is -3.52. The molecule has 1 N–H and O–H groups in total. The van der Waals surface area contributed by atoms with Crippen LogP contribution >= 0.6 is 15.9 Å². The average molecular weight is 467 g/mol. The summed E-state index contributed by atoms with van der Waals surface area (Å²) in [4.78, 5) is 17.1. The van der Waals surface area contributed by atoms with Crippen LogP contribution < -0.4 is 10.1 Å². The fourth-order valence-corrected chi connectivity index (χ4v) is 3.10. The Labute approximate surface area is 180 Å². The number of para-hydroxylation sites is 1. The third-order valence-corrected chi connectivity index (χ3v) is 4.88. The van der Waals surface area contributed by atoms with E-state index in [0.717, 1.165) is 10.0 Å². The van der Waals surface area contributed by atoms with E-state index in [0.29, 0.717) is 17.3 Å². The number of ether oxygens (including phenoxy) is 1. The van der Waals surface area contributed by atoms with Crippen molar-refractivity contribution in [3.8, 4) is 22.8 Å². The van der Waals surface area contributed by atoms with Crippen LogP contribution in [0.3, 0.4) is 0 Å². The number of halogens is 2. The van der Waals surface area contributed by atoms with Crippen molar-refractivity contribution in [2.24, 2.45) is 0 Å². The zero-order valence-corrected chi connectivity index (χ0v) is 17.4. The molecule has 3 aromatic carbocycles. The summed E-state index contributed by atoms with van der Waals surface area (Å²) in [6.45, 7) is 0. The summed E-state index contributed by atoms with van der Waals surface area (Å²) in [5.41, 5.74) is 1.53. The van der Waals surface area contributed by atoms with Crippen LogP contribution in [0.2, 0.25) is 0 Å². The van der Waals surface area contributed by atoms with Crippen LogP contribution in [0.4, 0.5) is 10.1 Å². The van der Waals surface area contributed by atoms with E-state index in [1.165, 1.54) is 12.1 Å². The second kappa shape index (κ2) is 8.46. The van der Waals surface area contributed by atoms with Gasteiger partial charge in [-0.25, -0.2) is 14.1 Å². The Morgan fingerprint density at radius 1 is 1.03 bits per heavy atom. The van der Waals surface area contributed by atoms with Crippen LogP contribution in [0, 0.1) is 5.82 Å². The van der Waals surface area contributed by atoms with Crippen molar-refractivity contribution >= 4 is 27.5 Å². The molecule has 0 radical (unpaired) electrons. The Bertz CT molecular complexity index is 1190. The van der Waals surface area contributed by atoms with Crippen LogP contribution in [-0.4, -0.2) is 27.8 Å². The summed E-state index contributed by atoms with van der Waals surface area (Å²) in [6.07, 6.45) is 0. The van der Waals surface area contributed by atoms with Gasteiger partial charge in [0.15, 0.2) is 5.82 Å². The number of hydrogen-bond donors (Lipinski definition) is 1. The second-order valence-electron chi connectivity index (χ2n) is 6.31. The quantitative estimate of drug-likeness (QED) is 0.444. The van der Waals surface area contributed by atoms with Crippen LogP contribution in [0.25, 0.3) is 17.1 Å². The molecule has 0 spiro atoms. The van der Waals surface area contributed by atoms with Crippen molar-refractivity contribution in [3.63, 3.8) is 0 Å². The molecule has 0 atom stereocenters. The molecule has 1 aromatic heterocycles. The first kappa shape index (κ1) is 19.8. The number of methoxy groups -OCH3 is 1. The Kier molecular flexibility index (Phi) is 5.58. The van der Waals surface area contributed by atoms with Gasteiger partial charge in [0.25, 0.3) is 5.91 Å². The van der Waals surface area contributed by atoms with Gasteiger partial charge < -0.3 is 10.1 Å². The molecule has 150 valence electrons. The largest absolute Gasteiger partial charge is 0.497 e. The average Bonchev–Trinajstić information content (AvgIpc) is 3.21. The lowest BCUT2D eigenvalue weighted by Gasteiger charge is -2.07. The van der Waals surface area contributed by atoms with E-state index in [1.807, 2.05) is 36.4 Å². The van der Waals surface area contributed by atoms with Gasteiger partial charge in [-0.05, 0) is 48.5 Å². The molecule has 0 aliphatic carbocycles. The van der Waals surface area contributed by atoms with E-state index < -0.39 is 11.7 Å². The van der Waals surface area contributed by atoms with Gasteiger partial charge in [-0.3, -0.25) is 4.79 Å². The molecule has 0 aliphatic rings. The summed E-state index contributed by atoms with van der Waals surface area (Å²) in [7, 11) is 1.59. The molecular formula is C22H16BrFN4O2. The van der Waals surface area contributed by atoms with Gasteiger partial charge in [-0.2, -0.15) is 0 Å². The lowest BCUT2D eigenvalue weighted by atomic mass is 10.2. The number of carbonyl (C=O) groups is 1.